The number of pyridine rings is 1. The molecule has 0 N–H and O–H groups in total. The van der Waals surface area contributed by atoms with Gasteiger partial charge in [-0.1, -0.05) is 6.07 Å². The van der Waals surface area contributed by atoms with E-state index in [2.05, 4.69) is 10.9 Å². The molecule has 2 heterocycles. The molecule has 2 nitrogen and oxygen atoms in total. The fraction of sp³-hybridized carbons (Fsp3) is 0. The summed E-state index contributed by atoms with van der Waals surface area (Å²) in [5, 5.41) is 0. The second kappa shape index (κ2) is 2.14. The van der Waals surface area contributed by atoms with Gasteiger partial charge >= 0.3 is 0 Å². The normalized spacial score (nSPS) is 9.73. The minimum Gasteiger partial charge on any atom is -0.306 e. The van der Waals surface area contributed by atoms with E-state index in [0.29, 0.717) is 5.69 Å². The van der Waals surface area contributed by atoms with Gasteiger partial charge in [0, 0.05) is 12.4 Å². The standard InChI is InChI=1S/C9H5N2/c1-2-8-7-11-6-4-3-5-9(11)10-8/h3-7H. The zero-order valence-electron chi connectivity index (χ0n) is 5.78. The van der Waals surface area contributed by atoms with Crippen LogP contribution in [0.5, 0.6) is 0 Å². The zero-order chi connectivity index (χ0) is 7.68. The van der Waals surface area contributed by atoms with Gasteiger partial charge in [0.1, 0.15) is 11.3 Å². The van der Waals surface area contributed by atoms with E-state index in [1.54, 1.807) is 6.20 Å². The van der Waals surface area contributed by atoms with Gasteiger partial charge < -0.3 is 4.40 Å². The van der Waals surface area contributed by atoms with Crippen LogP contribution < -0.4 is 0 Å². The van der Waals surface area contributed by atoms with Crippen LogP contribution >= 0.6 is 0 Å². The van der Waals surface area contributed by atoms with E-state index in [0.717, 1.165) is 5.65 Å². The van der Waals surface area contributed by atoms with Crippen LogP contribution in [0.25, 0.3) is 5.65 Å². The Hall–Kier alpha value is -1.75. The zero-order valence-corrected chi connectivity index (χ0v) is 5.78. The average molecular weight is 141 g/mol. The third kappa shape index (κ3) is 0.870. The predicted molar refractivity (Wildman–Crippen MR) is 41.4 cm³/mol. The van der Waals surface area contributed by atoms with Gasteiger partial charge in [0.2, 0.25) is 0 Å². The molecule has 0 saturated heterocycles. The molecule has 0 aliphatic heterocycles. The van der Waals surface area contributed by atoms with Crippen molar-refractivity contribution in [1.29, 1.82) is 0 Å². The van der Waals surface area contributed by atoms with Gasteiger partial charge in [-0.25, -0.2) is 4.98 Å². The molecule has 0 saturated carbocycles. The fourth-order valence-corrected chi connectivity index (χ4v) is 0.995. The number of imidazole rings is 1. The van der Waals surface area contributed by atoms with Crippen LogP contribution in [0.3, 0.4) is 0 Å². The van der Waals surface area contributed by atoms with Crippen molar-refractivity contribution in [2.45, 2.75) is 0 Å². The molecule has 51 valence electrons. The molecule has 2 heteroatoms. The summed E-state index contributed by atoms with van der Waals surface area (Å²) in [6, 6.07) is 5.72. The SMILES string of the molecule is [C]#Cc1cn2ccccc2n1. The molecule has 0 bridgehead atoms. The molecule has 0 amide bonds. The van der Waals surface area contributed by atoms with Gasteiger partial charge in [0.25, 0.3) is 0 Å². The van der Waals surface area contributed by atoms with Crippen molar-refractivity contribution in [2.75, 3.05) is 0 Å². The van der Waals surface area contributed by atoms with E-state index in [1.165, 1.54) is 0 Å². The van der Waals surface area contributed by atoms with Crippen molar-refractivity contribution in [3.63, 3.8) is 0 Å². The van der Waals surface area contributed by atoms with Crippen molar-refractivity contribution in [2.24, 2.45) is 0 Å². The average Bonchev–Trinajstić information content (AvgIpc) is 2.46. The molecule has 0 aliphatic carbocycles. The number of hydrogen-bond donors (Lipinski definition) is 0. The Morgan fingerprint density at radius 1 is 1.45 bits per heavy atom. The Morgan fingerprint density at radius 2 is 2.36 bits per heavy atom. The Bertz CT molecular complexity index is 387. The van der Waals surface area contributed by atoms with Crippen molar-refractivity contribution in [3.8, 4) is 5.92 Å². The Kier molecular flexibility index (Phi) is 1.16. The minimum atomic E-state index is 0.566. The third-order valence-corrected chi connectivity index (χ3v) is 1.49. The summed E-state index contributed by atoms with van der Waals surface area (Å²) in [5.41, 5.74) is 1.42. The first-order valence-corrected chi connectivity index (χ1v) is 3.26. The van der Waals surface area contributed by atoms with Crippen molar-refractivity contribution < 1.29 is 0 Å². The van der Waals surface area contributed by atoms with Crippen LogP contribution in [-0.2, 0) is 0 Å². The molecule has 0 aliphatic rings. The number of nitrogens with zero attached hydrogens (tertiary/aromatic N) is 2. The van der Waals surface area contributed by atoms with Crippen molar-refractivity contribution >= 4 is 5.65 Å². The summed E-state index contributed by atoms with van der Waals surface area (Å²) >= 11 is 0. The summed E-state index contributed by atoms with van der Waals surface area (Å²) < 4.78 is 1.86. The quantitative estimate of drug-likeness (QED) is 0.505. The molecular weight excluding hydrogens is 136 g/mol. The topological polar surface area (TPSA) is 17.3 Å². The maximum Gasteiger partial charge on any atom is 0.138 e. The van der Waals surface area contributed by atoms with Crippen LogP contribution in [0.1, 0.15) is 5.69 Å². The second-order valence-electron chi connectivity index (χ2n) is 2.22. The summed E-state index contributed by atoms with van der Waals surface area (Å²) in [6.45, 7) is 0. The summed E-state index contributed by atoms with van der Waals surface area (Å²) in [4.78, 5) is 4.10. The summed E-state index contributed by atoms with van der Waals surface area (Å²) in [7, 11) is 0. The first-order valence-electron chi connectivity index (χ1n) is 3.26. The van der Waals surface area contributed by atoms with Gasteiger partial charge in [-0.2, -0.15) is 0 Å². The van der Waals surface area contributed by atoms with E-state index in [4.69, 9.17) is 6.42 Å². The molecule has 11 heavy (non-hydrogen) atoms. The molecule has 0 aromatic carbocycles. The van der Waals surface area contributed by atoms with Crippen LogP contribution in [0.4, 0.5) is 0 Å². The van der Waals surface area contributed by atoms with Gasteiger partial charge in [-0.05, 0) is 24.5 Å². The lowest BCUT2D eigenvalue weighted by molar-refractivity contribution is 1.19. The molecule has 0 unspecified atom stereocenters. The smallest absolute Gasteiger partial charge is 0.138 e. The first kappa shape index (κ1) is 5.99. The largest absolute Gasteiger partial charge is 0.306 e. The number of hydrogen-bond acceptors (Lipinski definition) is 1. The van der Waals surface area contributed by atoms with Crippen molar-refractivity contribution in [1.82, 2.24) is 9.38 Å². The highest BCUT2D eigenvalue weighted by Crippen LogP contribution is 2.02. The van der Waals surface area contributed by atoms with Crippen LogP contribution in [-0.4, -0.2) is 9.38 Å². The van der Waals surface area contributed by atoms with Gasteiger partial charge in [-0.3, -0.25) is 0 Å². The summed E-state index contributed by atoms with van der Waals surface area (Å²) in [6.07, 6.45) is 10.5. The third-order valence-electron chi connectivity index (χ3n) is 1.49. The highest BCUT2D eigenvalue weighted by molar-refractivity contribution is 5.42. The van der Waals surface area contributed by atoms with Crippen LogP contribution in [0.2, 0.25) is 0 Å². The first-order chi connectivity index (χ1) is 5.40. The molecule has 0 spiro atoms. The van der Waals surface area contributed by atoms with Crippen molar-refractivity contribution in [3.05, 3.63) is 42.7 Å². The number of aromatic nitrogens is 2. The Balaban J connectivity index is 2.81. The summed E-state index contributed by atoms with van der Waals surface area (Å²) in [5.74, 6) is 2.23. The minimum absolute atomic E-state index is 0.566. The van der Waals surface area contributed by atoms with E-state index in [1.807, 2.05) is 28.8 Å². The van der Waals surface area contributed by atoms with E-state index in [9.17, 15) is 0 Å². The van der Waals surface area contributed by atoms with Gasteiger partial charge in [-0.15, -0.1) is 0 Å². The van der Waals surface area contributed by atoms with Gasteiger partial charge in [0.15, 0.2) is 0 Å². The number of fused-ring (bicyclic) bond motifs is 1. The highest BCUT2D eigenvalue weighted by atomic mass is 15.0. The lowest BCUT2D eigenvalue weighted by Gasteiger charge is -1.86. The van der Waals surface area contributed by atoms with Gasteiger partial charge in [0.05, 0.1) is 0 Å². The molecule has 2 rings (SSSR count). The molecule has 2 aromatic heterocycles. The predicted octanol–water partition coefficient (Wildman–Crippen LogP) is 1.27. The lowest BCUT2D eigenvalue weighted by Crippen LogP contribution is -1.77. The maximum absolute atomic E-state index is 6.85. The fourth-order valence-electron chi connectivity index (χ4n) is 0.995. The molecule has 1 radical (unpaired) electrons. The highest BCUT2D eigenvalue weighted by Gasteiger charge is 1.94. The number of rotatable bonds is 0. The maximum atomic E-state index is 6.85. The molecular formula is C9H5N2. The lowest BCUT2D eigenvalue weighted by atomic mass is 10.5. The second-order valence-corrected chi connectivity index (χ2v) is 2.22. The van der Waals surface area contributed by atoms with E-state index >= 15 is 0 Å². The Morgan fingerprint density at radius 3 is 3.09 bits per heavy atom. The van der Waals surface area contributed by atoms with Crippen LogP contribution in [0, 0.1) is 12.3 Å². The van der Waals surface area contributed by atoms with E-state index < -0.39 is 0 Å². The van der Waals surface area contributed by atoms with Crippen LogP contribution in [0.15, 0.2) is 30.6 Å². The monoisotopic (exact) mass is 141 g/mol. The Labute approximate surface area is 64.5 Å². The molecule has 2 aromatic rings. The van der Waals surface area contributed by atoms with E-state index in [-0.39, 0.29) is 0 Å². The molecule has 0 fully saturated rings. The molecule has 0 atom stereocenters.